The van der Waals surface area contributed by atoms with Crippen molar-refractivity contribution in [2.24, 2.45) is 5.73 Å². The Morgan fingerprint density at radius 2 is 2.00 bits per heavy atom. The summed E-state index contributed by atoms with van der Waals surface area (Å²) in [4.78, 5) is 11.7. The van der Waals surface area contributed by atoms with Crippen molar-refractivity contribution in [1.29, 1.82) is 0 Å². The van der Waals surface area contributed by atoms with Gasteiger partial charge in [-0.15, -0.1) is 0 Å². The summed E-state index contributed by atoms with van der Waals surface area (Å²) in [6, 6.07) is 9.80. The molecule has 1 amide bonds. The molecule has 0 spiro atoms. The summed E-state index contributed by atoms with van der Waals surface area (Å²) in [5.41, 5.74) is 6.33. The maximum Gasteiger partial charge on any atom is 0.251 e. The molecular weight excluding hydrogens is 228 g/mol. The number of rotatable bonds is 6. The minimum Gasteiger partial charge on any atom is -0.369 e. The van der Waals surface area contributed by atoms with E-state index in [-0.39, 0.29) is 11.9 Å². The van der Waals surface area contributed by atoms with Gasteiger partial charge >= 0.3 is 0 Å². The molecule has 0 aromatic heterocycles. The molecule has 0 aliphatic rings. The predicted octanol–water partition coefficient (Wildman–Crippen LogP) is 1.62. The third kappa shape index (κ3) is 4.13. The fourth-order valence-corrected chi connectivity index (χ4v) is 1.51. The van der Waals surface area contributed by atoms with Crippen molar-refractivity contribution in [1.82, 2.24) is 5.32 Å². The Bertz CT molecular complexity index is 377. The fraction of sp³-hybridized carbons (Fsp3) is 0.500. The van der Waals surface area contributed by atoms with Gasteiger partial charge in [-0.3, -0.25) is 4.79 Å². The maximum atomic E-state index is 11.7. The number of carbonyl (C=O) groups is 1. The molecule has 0 heterocycles. The smallest absolute Gasteiger partial charge is 0.251 e. The van der Waals surface area contributed by atoms with E-state index in [1.165, 1.54) is 7.11 Å². The first-order valence-corrected chi connectivity index (χ1v) is 6.11. The fourth-order valence-electron chi connectivity index (χ4n) is 1.51. The summed E-state index contributed by atoms with van der Waals surface area (Å²) in [5.74, 6) is -0.120. The van der Waals surface area contributed by atoms with Crippen LogP contribution in [-0.2, 0) is 9.53 Å². The zero-order valence-electron chi connectivity index (χ0n) is 11.3. The van der Waals surface area contributed by atoms with Gasteiger partial charge in [-0.25, -0.2) is 0 Å². The minimum absolute atomic E-state index is 0.0582. The van der Waals surface area contributed by atoms with Crippen LogP contribution in [0.2, 0.25) is 0 Å². The Labute approximate surface area is 109 Å². The summed E-state index contributed by atoms with van der Waals surface area (Å²) in [7, 11) is 1.52. The molecule has 0 fully saturated rings. The lowest BCUT2D eigenvalue weighted by molar-refractivity contribution is -0.139. The number of carbonyl (C=O) groups excluding carboxylic acids is 1. The molecule has 100 valence electrons. The highest BCUT2D eigenvalue weighted by atomic mass is 16.5. The summed E-state index contributed by atoms with van der Waals surface area (Å²) >= 11 is 0. The molecule has 3 N–H and O–H groups in total. The Hall–Kier alpha value is -1.39. The third-order valence-electron chi connectivity index (χ3n) is 3.03. The van der Waals surface area contributed by atoms with Gasteiger partial charge in [0.25, 0.3) is 5.91 Å². The Balaban J connectivity index is 2.37. The van der Waals surface area contributed by atoms with Gasteiger partial charge in [0.05, 0.1) is 0 Å². The van der Waals surface area contributed by atoms with Gasteiger partial charge in [0, 0.05) is 19.7 Å². The maximum absolute atomic E-state index is 11.7. The Morgan fingerprint density at radius 1 is 1.39 bits per heavy atom. The third-order valence-corrected chi connectivity index (χ3v) is 3.03. The first-order valence-electron chi connectivity index (χ1n) is 6.11. The number of hydrogen-bond acceptors (Lipinski definition) is 3. The van der Waals surface area contributed by atoms with Crippen molar-refractivity contribution in [2.45, 2.75) is 31.9 Å². The van der Waals surface area contributed by atoms with Crippen LogP contribution in [0.15, 0.2) is 30.3 Å². The van der Waals surface area contributed by atoms with Crippen LogP contribution in [0.4, 0.5) is 0 Å². The number of benzene rings is 1. The molecule has 0 aliphatic carbocycles. The van der Waals surface area contributed by atoms with Crippen LogP contribution >= 0.6 is 0 Å². The van der Waals surface area contributed by atoms with Crippen molar-refractivity contribution in [3.8, 4) is 0 Å². The molecule has 1 atom stereocenters. The van der Waals surface area contributed by atoms with E-state index in [4.69, 9.17) is 10.5 Å². The van der Waals surface area contributed by atoms with E-state index in [9.17, 15) is 4.79 Å². The van der Waals surface area contributed by atoms with Crippen LogP contribution < -0.4 is 11.1 Å². The van der Waals surface area contributed by atoms with E-state index in [1.54, 1.807) is 13.8 Å². The number of nitrogens with two attached hydrogens (primary N) is 1. The minimum atomic E-state index is -0.795. The number of nitrogens with one attached hydrogen (secondary N) is 1. The lowest BCUT2D eigenvalue weighted by Gasteiger charge is -2.22. The van der Waals surface area contributed by atoms with Gasteiger partial charge in [0.2, 0.25) is 0 Å². The monoisotopic (exact) mass is 250 g/mol. The molecular formula is C14H22N2O2. The largest absolute Gasteiger partial charge is 0.369 e. The molecule has 4 heteroatoms. The van der Waals surface area contributed by atoms with Crippen LogP contribution in [0, 0.1) is 0 Å². The average molecular weight is 250 g/mol. The van der Waals surface area contributed by atoms with Crippen LogP contribution in [0.5, 0.6) is 0 Å². The lowest BCUT2D eigenvalue weighted by Crippen LogP contribution is -2.44. The molecule has 1 aromatic carbocycles. The first kappa shape index (κ1) is 14.7. The van der Waals surface area contributed by atoms with E-state index in [2.05, 4.69) is 5.32 Å². The second kappa shape index (κ2) is 6.52. The number of amides is 1. The predicted molar refractivity (Wildman–Crippen MR) is 72.1 cm³/mol. The SMILES string of the molecule is COC(C)(C)C(=O)NCCC(N)c1ccccc1. The summed E-state index contributed by atoms with van der Waals surface area (Å²) in [5, 5.41) is 2.83. The molecule has 0 radical (unpaired) electrons. The molecule has 0 bridgehead atoms. The number of ether oxygens (including phenoxy) is 1. The highest BCUT2D eigenvalue weighted by Crippen LogP contribution is 2.13. The zero-order valence-corrected chi connectivity index (χ0v) is 11.3. The quantitative estimate of drug-likeness (QED) is 0.806. The summed E-state index contributed by atoms with van der Waals surface area (Å²) in [6.07, 6.45) is 0.704. The molecule has 0 saturated carbocycles. The topological polar surface area (TPSA) is 64.3 Å². The average Bonchev–Trinajstić information content (AvgIpc) is 2.39. The molecule has 18 heavy (non-hydrogen) atoms. The van der Waals surface area contributed by atoms with Gasteiger partial charge in [0.1, 0.15) is 5.60 Å². The number of methoxy groups -OCH3 is 1. The van der Waals surface area contributed by atoms with Gasteiger partial charge in [-0.2, -0.15) is 0 Å². The highest BCUT2D eigenvalue weighted by Gasteiger charge is 2.26. The van der Waals surface area contributed by atoms with E-state index in [0.29, 0.717) is 13.0 Å². The molecule has 1 rings (SSSR count). The Morgan fingerprint density at radius 3 is 2.56 bits per heavy atom. The molecule has 0 aliphatic heterocycles. The first-order chi connectivity index (χ1) is 8.47. The highest BCUT2D eigenvalue weighted by molar-refractivity contribution is 5.84. The van der Waals surface area contributed by atoms with E-state index in [1.807, 2.05) is 30.3 Å². The summed E-state index contributed by atoms with van der Waals surface area (Å²) < 4.78 is 5.10. The molecule has 4 nitrogen and oxygen atoms in total. The van der Waals surface area contributed by atoms with Crippen LogP contribution in [-0.4, -0.2) is 25.2 Å². The van der Waals surface area contributed by atoms with Crippen molar-refractivity contribution in [2.75, 3.05) is 13.7 Å². The van der Waals surface area contributed by atoms with Gasteiger partial charge in [-0.1, -0.05) is 30.3 Å². The van der Waals surface area contributed by atoms with Crippen LogP contribution in [0.25, 0.3) is 0 Å². The second-order valence-electron chi connectivity index (χ2n) is 4.78. The number of hydrogen-bond donors (Lipinski definition) is 2. The molecule has 1 unspecified atom stereocenters. The van der Waals surface area contributed by atoms with Crippen molar-refractivity contribution in [3.05, 3.63) is 35.9 Å². The van der Waals surface area contributed by atoms with Crippen LogP contribution in [0.1, 0.15) is 31.9 Å². The van der Waals surface area contributed by atoms with Crippen molar-refractivity contribution < 1.29 is 9.53 Å². The normalized spacial score (nSPS) is 13.1. The van der Waals surface area contributed by atoms with Gasteiger partial charge in [-0.05, 0) is 25.8 Å². The van der Waals surface area contributed by atoms with Gasteiger partial charge in [0.15, 0.2) is 0 Å². The van der Waals surface area contributed by atoms with Crippen molar-refractivity contribution >= 4 is 5.91 Å². The molecule has 1 aromatic rings. The van der Waals surface area contributed by atoms with Crippen molar-refractivity contribution in [3.63, 3.8) is 0 Å². The Kier molecular flexibility index (Phi) is 5.31. The van der Waals surface area contributed by atoms with E-state index in [0.717, 1.165) is 5.56 Å². The standard InChI is InChI=1S/C14H22N2O2/c1-14(2,18-3)13(17)16-10-9-12(15)11-7-5-4-6-8-11/h4-8,12H,9-10,15H2,1-3H3,(H,16,17). The van der Waals surface area contributed by atoms with E-state index >= 15 is 0 Å². The van der Waals surface area contributed by atoms with Gasteiger partial charge < -0.3 is 15.8 Å². The summed E-state index contributed by atoms with van der Waals surface area (Å²) in [6.45, 7) is 4.01. The zero-order chi connectivity index (χ0) is 13.6. The lowest BCUT2D eigenvalue weighted by atomic mass is 10.0. The second-order valence-corrected chi connectivity index (χ2v) is 4.78. The van der Waals surface area contributed by atoms with E-state index < -0.39 is 5.60 Å². The van der Waals surface area contributed by atoms with Crippen LogP contribution in [0.3, 0.4) is 0 Å². The molecule has 0 saturated heterocycles.